The Hall–Kier alpha value is -0.660. The maximum absolute atomic E-state index is 12.3. The van der Waals surface area contributed by atoms with Crippen molar-refractivity contribution >= 4 is 19.7 Å². The molecule has 0 spiro atoms. The first kappa shape index (κ1) is 14.4. The third-order valence-electron chi connectivity index (χ3n) is 2.06. The van der Waals surface area contributed by atoms with Gasteiger partial charge in [0.2, 0.25) is 0 Å². The second-order valence-electron chi connectivity index (χ2n) is 3.36. The highest BCUT2D eigenvalue weighted by Crippen LogP contribution is 2.20. The van der Waals surface area contributed by atoms with Gasteiger partial charge in [-0.15, -0.1) is 0 Å². The van der Waals surface area contributed by atoms with Crippen LogP contribution in [0.25, 0.3) is 0 Å². The summed E-state index contributed by atoms with van der Waals surface area (Å²) < 4.78 is 41.3. The van der Waals surface area contributed by atoms with Gasteiger partial charge in [-0.25, -0.2) is 12.8 Å². The van der Waals surface area contributed by atoms with Crippen molar-refractivity contribution in [2.24, 2.45) is 0 Å². The van der Waals surface area contributed by atoms with Crippen molar-refractivity contribution in [3.63, 3.8) is 0 Å². The van der Waals surface area contributed by atoms with E-state index in [0.717, 1.165) is 12.6 Å². The van der Waals surface area contributed by atoms with Crippen LogP contribution in [0.4, 0.5) is 4.39 Å². The zero-order valence-electron chi connectivity index (χ0n) is 9.40. The van der Waals surface area contributed by atoms with Crippen LogP contribution < -0.4 is 0 Å². The minimum atomic E-state index is -3.88. The topological polar surface area (TPSA) is 61.2 Å². The Labute approximate surface area is 104 Å². The molecular formula is C9H14ClFN2O3S. The number of hydrogen-bond donors (Lipinski definition) is 0. The van der Waals surface area contributed by atoms with Crippen LogP contribution in [-0.2, 0) is 26.9 Å². The highest BCUT2D eigenvalue weighted by molar-refractivity contribution is 8.13. The Morgan fingerprint density at radius 1 is 1.59 bits per heavy atom. The normalized spacial score (nSPS) is 11.9. The fourth-order valence-electron chi connectivity index (χ4n) is 1.33. The van der Waals surface area contributed by atoms with Gasteiger partial charge in [0.25, 0.3) is 9.05 Å². The van der Waals surface area contributed by atoms with Crippen molar-refractivity contribution in [1.29, 1.82) is 0 Å². The molecule has 17 heavy (non-hydrogen) atoms. The quantitative estimate of drug-likeness (QED) is 0.565. The van der Waals surface area contributed by atoms with E-state index in [1.807, 2.05) is 6.92 Å². The molecule has 0 aliphatic carbocycles. The summed E-state index contributed by atoms with van der Waals surface area (Å²) >= 11 is 0. The van der Waals surface area contributed by atoms with Crippen LogP contribution in [0.5, 0.6) is 0 Å². The molecule has 0 unspecified atom stereocenters. The highest BCUT2D eigenvalue weighted by Gasteiger charge is 2.21. The van der Waals surface area contributed by atoms with E-state index in [4.69, 9.17) is 15.4 Å². The lowest BCUT2D eigenvalue weighted by Gasteiger charge is -2.07. The number of alkyl halides is 1. The van der Waals surface area contributed by atoms with Gasteiger partial charge in [-0.2, -0.15) is 5.10 Å². The molecule has 1 aromatic heterocycles. The molecule has 1 aromatic rings. The summed E-state index contributed by atoms with van der Waals surface area (Å²) in [7, 11) is 1.38. The number of aryl methyl sites for hydroxylation is 1. The van der Waals surface area contributed by atoms with E-state index >= 15 is 0 Å². The maximum Gasteiger partial charge on any atom is 0.264 e. The van der Waals surface area contributed by atoms with Gasteiger partial charge in [0, 0.05) is 17.3 Å². The number of hydrogen-bond acceptors (Lipinski definition) is 4. The van der Waals surface area contributed by atoms with Gasteiger partial charge < -0.3 is 4.74 Å². The van der Waals surface area contributed by atoms with E-state index in [1.54, 1.807) is 0 Å². The van der Waals surface area contributed by atoms with Crippen LogP contribution in [-0.4, -0.2) is 31.5 Å². The molecule has 1 rings (SSSR count). The zero-order chi connectivity index (χ0) is 12.9. The number of halogens is 2. The van der Waals surface area contributed by atoms with Crippen molar-refractivity contribution in [2.75, 3.05) is 13.3 Å². The molecule has 0 atom stereocenters. The number of nitrogens with zero attached hydrogens (tertiary/aromatic N) is 2. The second-order valence-corrected chi connectivity index (χ2v) is 5.89. The average molecular weight is 285 g/mol. The lowest BCUT2D eigenvalue weighted by atomic mass is 10.4. The molecule has 0 saturated heterocycles. The Morgan fingerprint density at radius 3 is 2.82 bits per heavy atom. The van der Waals surface area contributed by atoms with E-state index in [9.17, 15) is 12.8 Å². The monoisotopic (exact) mass is 284 g/mol. The predicted octanol–water partition coefficient (Wildman–Crippen LogP) is 1.71. The van der Waals surface area contributed by atoms with Crippen molar-refractivity contribution in [1.82, 2.24) is 9.78 Å². The average Bonchev–Trinajstić information content (AvgIpc) is 2.62. The van der Waals surface area contributed by atoms with E-state index in [0.29, 0.717) is 6.61 Å². The smallest absolute Gasteiger partial charge is 0.264 e. The van der Waals surface area contributed by atoms with Crippen LogP contribution >= 0.6 is 10.7 Å². The summed E-state index contributed by atoms with van der Waals surface area (Å²) in [6.45, 7) is 1.82. The standard InChI is InChI=1S/C9H14ClFN2O3S/c1-2-5-16-7-8-9(17(10,14)15)6-12-13(8)4-3-11/h6H,2-5,7H2,1H3. The molecule has 1 heterocycles. The Bertz CT molecular complexity index is 461. The second kappa shape index (κ2) is 6.32. The van der Waals surface area contributed by atoms with E-state index in [1.165, 1.54) is 4.68 Å². The molecule has 0 fully saturated rings. The Kier molecular flexibility index (Phi) is 5.35. The van der Waals surface area contributed by atoms with Crippen molar-refractivity contribution in [3.05, 3.63) is 11.9 Å². The fraction of sp³-hybridized carbons (Fsp3) is 0.667. The molecule has 0 N–H and O–H groups in total. The van der Waals surface area contributed by atoms with Crippen molar-refractivity contribution < 1.29 is 17.5 Å². The summed E-state index contributed by atoms with van der Waals surface area (Å²) in [6.07, 6.45) is 1.92. The summed E-state index contributed by atoms with van der Waals surface area (Å²) in [6, 6.07) is 0. The SMILES string of the molecule is CCCOCc1c(S(=O)(=O)Cl)cnn1CCF. The van der Waals surface area contributed by atoms with Crippen LogP contribution in [0.1, 0.15) is 19.0 Å². The van der Waals surface area contributed by atoms with Gasteiger partial charge in [-0.3, -0.25) is 4.68 Å². The Balaban J connectivity index is 2.98. The molecule has 0 bridgehead atoms. The van der Waals surface area contributed by atoms with Crippen LogP contribution in [0.3, 0.4) is 0 Å². The van der Waals surface area contributed by atoms with Gasteiger partial charge in [-0.1, -0.05) is 6.92 Å². The van der Waals surface area contributed by atoms with Crippen molar-refractivity contribution in [3.8, 4) is 0 Å². The summed E-state index contributed by atoms with van der Waals surface area (Å²) in [5.41, 5.74) is 0.283. The molecule has 98 valence electrons. The number of aromatic nitrogens is 2. The predicted molar refractivity (Wildman–Crippen MR) is 61.2 cm³/mol. The molecule has 0 saturated carbocycles. The minimum Gasteiger partial charge on any atom is -0.375 e. The highest BCUT2D eigenvalue weighted by atomic mass is 35.7. The van der Waals surface area contributed by atoms with Gasteiger partial charge in [0.15, 0.2) is 0 Å². The molecular weight excluding hydrogens is 271 g/mol. The first-order chi connectivity index (χ1) is 8.00. The first-order valence-corrected chi connectivity index (χ1v) is 7.44. The fourth-order valence-corrected chi connectivity index (χ4v) is 2.33. The van der Waals surface area contributed by atoms with E-state index < -0.39 is 15.7 Å². The van der Waals surface area contributed by atoms with E-state index in [-0.39, 0.29) is 23.7 Å². The van der Waals surface area contributed by atoms with Crippen LogP contribution in [0.15, 0.2) is 11.1 Å². The Morgan fingerprint density at radius 2 is 2.29 bits per heavy atom. The summed E-state index contributed by atoms with van der Waals surface area (Å²) in [4.78, 5) is -0.122. The molecule has 5 nitrogen and oxygen atoms in total. The molecule has 0 aliphatic rings. The third-order valence-corrected chi connectivity index (χ3v) is 3.42. The molecule has 0 radical (unpaired) electrons. The molecule has 8 heteroatoms. The maximum atomic E-state index is 12.3. The van der Waals surface area contributed by atoms with Gasteiger partial charge >= 0.3 is 0 Å². The van der Waals surface area contributed by atoms with Gasteiger partial charge in [0.05, 0.1) is 25.0 Å². The lowest BCUT2D eigenvalue weighted by Crippen LogP contribution is -2.10. The van der Waals surface area contributed by atoms with Crippen LogP contribution in [0, 0.1) is 0 Å². The van der Waals surface area contributed by atoms with Gasteiger partial charge in [-0.05, 0) is 6.42 Å². The number of ether oxygens (including phenoxy) is 1. The van der Waals surface area contributed by atoms with E-state index in [2.05, 4.69) is 5.10 Å². The van der Waals surface area contributed by atoms with Crippen LogP contribution in [0.2, 0.25) is 0 Å². The number of rotatable bonds is 7. The summed E-state index contributed by atoms with van der Waals surface area (Å²) in [5, 5.41) is 3.78. The third kappa shape index (κ3) is 3.93. The molecule has 0 aliphatic heterocycles. The lowest BCUT2D eigenvalue weighted by molar-refractivity contribution is 0.113. The molecule has 0 amide bonds. The largest absolute Gasteiger partial charge is 0.375 e. The van der Waals surface area contributed by atoms with Crippen molar-refractivity contribution in [2.45, 2.75) is 31.4 Å². The minimum absolute atomic E-state index is 0.0166. The first-order valence-electron chi connectivity index (χ1n) is 5.13. The molecule has 0 aromatic carbocycles. The van der Waals surface area contributed by atoms with Gasteiger partial charge in [0.1, 0.15) is 11.6 Å². The zero-order valence-corrected chi connectivity index (χ0v) is 11.0. The summed E-state index contributed by atoms with van der Waals surface area (Å²) in [5.74, 6) is 0.